The molecule has 0 saturated carbocycles. The van der Waals surface area contributed by atoms with E-state index in [9.17, 15) is 23.1 Å². The largest absolute Gasteiger partial charge is 0.507 e. The van der Waals surface area contributed by atoms with E-state index < -0.39 is 28.8 Å². The minimum Gasteiger partial charge on any atom is -0.507 e. The van der Waals surface area contributed by atoms with Crippen molar-refractivity contribution >= 4 is 23.1 Å². The summed E-state index contributed by atoms with van der Waals surface area (Å²) in [5.74, 6) is -1.50. The first kappa shape index (κ1) is 15.9. The fourth-order valence-electron chi connectivity index (χ4n) is 1.87. The van der Waals surface area contributed by atoms with Crippen molar-refractivity contribution < 1.29 is 23.1 Å². The Labute approximate surface area is 128 Å². The summed E-state index contributed by atoms with van der Waals surface area (Å²) in [6, 6.07) is 6.14. The Morgan fingerprint density at radius 3 is 2.41 bits per heavy atom. The quantitative estimate of drug-likeness (QED) is 0.633. The lowest BCUT2D eigenvalue weighted by molar-refractivity contribution is -0.137. The summed E-state index contributed by atoms with van der Waals surface area (Å²) < 4.78 is 39.2. The molecule has 112 valence electrons. The van der Waals surface area contributed by atoms with Gasteiger partial charge in [0.15, 0.2) is 11.5 Å². The number of hydrogen-bond donors (Lipinski definition) is 1. The van der Waals surface area contributed by atoms with Crippen LogP contribution in [0.25, 0.3) is 4.85 Å². The first-order chi connectivity index (χ1) is 10.2. The SMILES string of the molecule is [C-]#[N+]c1ccc(C(=O)c2cc(Cl)ccc2O)c(C(F)(F)F)c1. The van der Waals surface area contributed by atoms with Gasteiger partial charge in [-0.3, -0.25) is 4.79 Å². The average molecular weight is 326 g/mol. The monoisotopic (exact) mass is 325 g/mol. The number of halogens is 4. The van der Waals surface area contributed by atoms with E-state index in [4.69, 9.17) is 18.2 Å². The highest BCUT2D eigenvalue weighted by molar-refractivity contribution is 6.31. The van der Waals surface area contributed by atoms with Gasteiger partial charge in [-0.05, 0) is 24.3 Å². The fourth-order valence-corrected chi connectivity index (χ4v) is 2.04. The summed E-state index contributed by atoms with van der Waals surface area (Å²) in [5.41, 5.74) is -2.46. The van der Waals surface area contributed by atoms with Gasteiger partial charge in [0, 0.05) is 10.6 Å². The van der Waals surface area contributed by atoms with E-state index in [1.54, 1.807) is 0 Å². The van der Waals surface area contributed by atoms with Crippen molar-refractivity contribution in [3.63, 3.8) is 0 Å². The van der Waals surface area contributed by atoms with E-state index in [1.807, 2.05) is 0 Å². The van der Waals surface area contributed by atoms with Gasteiger partial charge in [0.05, 0.1) is 17.7 Å². The summed E-state index contributed by atoms with van der Waals surface area (Å²) in [7, 11) is 0. The highest BCUT2D eigenvalue weighted by Gasteiger charge is 2.35. The third-order valence-electron chi connectivity index (χ3n) is 2.89. The van der Waals surface area contributed by atoms with Crippen LogP contribution in [0.2, 0.25) is 5.02 Å². The number of alkyl halides is 3. The highest BCUT2D eigenvalue weighted by Crippen LogP contribution is 2.36. The van der Waals surface area contributed by atoms with Gasteiger partial charge in [-0.1, -0.05) is 23.7 Å². The predicted molar refractivity (Wildman–Crippen MR) is 74.3 cm³/mol. The van der Waals surface area contributed by atoms with Gasteiger partial charge in [-0.25, -0.2) is 4.85 Å². The molecule has 0 bridgehead atoms. The maximum Gasteiger partial charge on any atom is 0.415 e. The van der Waals surface area contributed by atoms with E-state index >= 15 is 0 Å². The van der Waals surface area contributed by atoms with Crippen LogP contribution in [-0.2, 0) is 6.18 Å². The Hall–Kier alpha value is -2.52. The molecule has 0 aromatic heterocycles. The maximum atomic E-state index is 13.1. The smallest absolute Gasteiger partial charge is 0.415 e. The number of benzene rings is 2. The van der Waals surface area contributed by atoms with Gasteiger partial charge in [-0.2, -0.15) is 13.2 Å². The van der Waals surface area contributed by atoms with Crippen LogP contribution in [0.5, 0.6) is 5.75 Å². The van der Waals surface area contributed by atoms with Crippen LogP contribution in [0.15, 0.2) is 36.4 Å². The molecule has 0 aliphatic rings. The summed E-state index contributed by atoms with van der Waals surface area (Å²) in [6.07, 6.45) is -4.81. The number of aromatic hydroxyl groups is 1. The lowest BCUT2D eigenvalue weighted by atomic mass is 9.97. The molecule has 0 radical (unpaired) electrons. The molecule has 7 heteroatoms. The van der Waals surface area contributed by atoms with Crippen molar-refractivity contribution in [3.8, 4) is 5.75 Å². The molecular formula is C15H7ClF3NO2. The number of carbonyl (C=O) groups excluding carboxylic acids is 1. The van der Waals surface area contributed by atoms with Crippen LogP contribution in [-0.4, -0.2) is 10.9 Å². The molecule has 2 rings (SSSR count). The molecule has 2 aromatic carbocycles. The van der Waals surface area contributed by atoms with Gasteiger partial charge < -0.3 is 5.11 Å². The second kappa shape index (κ2) is 5.70. The maximum absolute atomic E-state index is 13.1. The molecule has 0 unspecified atom stereocenters. The molecule has 0 amide bonds. The Kier molecular flexibility index (Phi) is 4.11. The van der Waals surface area contributed by atoms with Crippen molar-refractivity contribution in [2.45, 2.75) is 6.18 Å². The molecule has 0 saturated heterocycles. The molecule has 0 aliphatic carbocycles. The van der Waals surface area contributed by atoms with Crippen molar-refractivity contribution in [2.24, 2.45) is 0 Å². The molecule has 0 atom stereocenters. The summed E-state index contributed by atoms with van der Waals surface area (Å²) in [4.78, 5) is 15.2. The topological polar surface area (TPSA) is 41.7 Å². The van der Waals surface area contributed by atoms with E-state index in [1.165, 1.54) is 6.07 Å². The second-order valence-electron chi connectivity index (χ2n) is 4.33. The van der Waals surface area contributed by atoms with Crippen molar-refractivity contribution in [1.29, 1.82) is 0 Å². The lowest BCUT2D eigenvalue weighted by Crippen LogP contribution is -2.13. The lowest BCUT2D eigenvalue weighted by Gasteiger charge is -2.13. The van der Waals surface area contributed by atoms with E-state index in [2.05, 4.69) is 4.85 Å². The predicted octanol–water partition coefficient (Wildman–Crippen LogP) is 4.85. The van der Waals surface area contributed by atoms with Crippen LogP contribution in [0.1, 0.15) is 21.5 Å². The van der Waals surface area contributed by atoms with Crippen molar-refractivity contribution in [2.75, 3.05) is 0 Å². The molecule has 22 heavy (non-hydrogen) atoms. The minimum atomic E-state index is -4.81. The number of hydrogen-bond acceptors (Lipinski definition) is 2. The molecule has 3 nitrogen and oxygen atoms in total. The van der Waals surface area contributed by atoms with Crippen molar-refractivity contribution in [1.82, 2.24) is 0 Å². The van der Waals surface area contributed by atoms with Crippen LogP contribution < -0.4 is 0 Å². The summed E-state index contributed by atoms with van der Waals surface area (Å²) >= 11 is 5.70. The molecular weight excluding hydrogens is 319 g/mol. The molecule has 0 heterocycles. The zero-order valence-corrected chi connectivity index (χ0v) is 11.5. The van der Waals surface area contributed by atoms with Crippen LogP contribution >= 0.6 is 11.6 Å². The third kappa shape index (κ3) is 3.05. The molecule has 0 fully saturated rings. The summed E-state index contributed by atoms with van der Waals surface area (Å²) in [5, 5.41) is 9.76. The van der Waals surface area contributed by atoms with Crippen LogP contribution in [0, 0.1) is 6.57 Å². The zero-order chi connectivity index (χ0) is 16.5. The van der Waals surface area contributed by atoms with E-state index in [-0.39, 0.29) is 16.3 Å². The van der Waals surface area contributed by atoms with Gasteiger partial charge in [-0.15, -0.1) is 0 Å². The van der Waals surface area contributed by atoms with E-state index in [0.717, 1.165) is 24.3 Å². The number of phenolic OH excluding ortho intramolecular Hbond substituents is 1. The normalized spacial score (nSPS) is 11.0. The van der Waals surface area contributed by atoms with Crippen LogP contribution in [0.3, 0.4) is 0 Å². The minimum absolute atomic E-state index is 0.104. The Balaban J connectivity index is 2.64. The second-order valence-corrected chi connectivity index (χ2v) is 4.77. The molecule has 0 spiro atoms. The number of rotatable bonds is 2. The number of carbonyl (C=O) groups is 1. The Morgan fingerprint density at radius 1 is 1.14 bits per heavy atom. The molecule has 0 aliphatic heterocycles. The average Bonchev–Trinajstić information content (AvgIpc) is 2.47. The van der Waals surface area contributed by atoms with Gasteiger partial charge in [0.25, 0.3) is 0 Å². The zero-order valence-electron chi connectivity index (χ0n) is 10.8. The first-order valence-electron chi connectivity index (χ1n) is 5.86. The molecule has 1 N–H and O–H groups in total. The molecule has 2 aromatic rings. The number of phenols is 1. The number of ketones is 1. The van der Waals surface area contributed by atoms with E-state index in [0.29, 0.717) is 6.07 Å². The fraction of sp³-hybridized carbons (Fsp3) is 0.0667. The highest BCUT2D eigenvalue weighted by atomic mass is 35.5. The van der Waals surface area contributed by atoms with Gasteiger partial charge >= 0.3 is 6.18 Å². The number of nitrogens with zero attached hydrogens (tertiary/aromatic N) is 1. The van der Waals surface area contributed by atoms with Gasteiger partial charge in [0.1, 0.15) is 5.75 Å². The van der Waals surface area contributed by atoms with Crippen molar-refractivity contribution in [3.05, 3.63) is 69.5 Å². The van der Waals surface area contributed by atoms with Gasteiger partial charge in [0.2, 0.25) is 0 Å². The standard InChI is InChI=1S/C15H7ClF3NO2/c1-20-9-3-4-10(12(7-9)15(17,18)19)14(22)11-6-8(16)2-5-13(11)21/h2-7,21H. The Bertz CT molecular complexity index is 794. The third-order valence-corrected chi connectivity index (χ3v) is 3.12. The summed E-state index contributed by atoms with van der Waals surface area (Å²) in [6.45, 7) is 6.76. The first-order valence-corrected chi connectivity index (χ1v) is 6.23. The van der Waals surface area contributed by atoms with Crippen LogP contribution in [0.4, 0.5) is 18.9 Å². The Morgan fingerprint density at radius 2 is 1.82 bits per heavy atom.